The van der Waals surface area contributed by atoms with Crippen molar-refractivity contribution in [3.63, 3.8) is 0 Å². The lowest BCUT2D eigenvalue weighted by Crippen LogP contribution is -2.52. The van der Waals surface area contributed by atoms with E-state index < -0.39 is 0 Å². The summed E-state index contributed by atoms with van der Waals surface area (Å²) >= 11 is 2.23. The number of nitrogens with zero attached hydrogens (tertiary/aromatic N) is 6. The first-order chi connectivity index (χ1) is 12.2. The van der Waals surface area contributed by atoms with Crippen molar-refractivity contribution in [1.29, 1.82) is 0 Å². The molecule has 0 amide bonds. The monoisotopic (exact) mass is 454 g/mol. The summed E-state index contributed by atoms with van der Waals surface area (Å²) in [5.41, 5.74) is 0.728. The highest BCUT2D eigenvalue weighted by atomic mass is 127. The highest BCUT2D eigenvalue weighted by Gasteiger charge is 2.28. The molecular formula is C17H23IN6O. The van der Waals surface area contributed by atoms with Gasteiger partial charge in [-0.15, -0.1) is 5.10 Å². The van der Waals surface area contributed by atoms with E-state index in [1.807, 2.05) is 12.1 Å². The summed E-state index contributed by atoms with van der Waals surface area (Å²) in [5, 5.41) is 8.40. The van der Waals surface area contributed by atoms with E-state index in [0.717, 1.165) is 35.2 Å². The van der Waals surface area contributed by atoms with Gasteiger partial charge in [-0.2, -0.15) is 0 Å². The van der Waals surface area contributed by atoms with E-state index >= 15 is 0 Å². The van der Waals surface area contributed by atoms with Crippen molar-refractivity contribution in [1.82, 2.24) is 25.0 Å². The van der Waals surface area contributed by atoms with Crippen molar-refractivity contribution in [2.45, 2.75) is 18.9 Å². The summed E-state index contributed by atoms with van der Waals surface area (Å²) in [7, 11) is 2.20. The van der Waals surface area contributed by atoms with Gasteiger partial charge in [0.15, 0.2) is 0 Å². The van der Waals surface area contributed by atoms with Crippen LogP contribution in [-0.4, -0.2) is 77.3 Å². The Kier molecular flexibility index (Phi) is 5.18. The predicted octanol–water partition coefficient (Wildman–Crippen LogP) is 1.95. The van der Waals surface area contributed by atoms with E-state index in [2.05, 4.69) is 59.5 Å². The smallest absolute Gasteiger partial charge is 0.318 e. The lowest BCUT2D eigenvalue weighted by Gasteiger charge is -2.41. The zero-order chi connectivity index (χ0) is 17.2. The van der Waals surface area contributed by atoms with Gasteiger partial charge in [0, 0.05) is 55.1 Å². The van der Waals surface area contributed by atoms with Gasteiger partial charge in [0.05, 0.1) is 0 Å². The van der Waals surface area contributed by atoms with Gasteiger partial charge in [-0.25, -0.2) is 0 Å². The SMILES string of the molecule is CN1CCN(C2CCN(c3nnc(-c4ccc(I)cn4)o3)CC2)CC1. The van der Waals surface area contributed by atoms with E-state index in [1.165, 1.54) is 26.2 Å². The first kappa shape index (κ1) is 17.2. The van der Waals surface area contributed by atoms with Crippen molar-refractivity contribution in [3.05, 3.63) is 21.9 Å². The second-order valence-corrected chi connectivity index (χ2v) is 8.05. The van der Waals surface area contributed by atoms with E-state index in [-0.39, 0.29) is 0 Å². The molecule has 0 saturated carbocycles. The summed E-state index contributed by atoms with van der Waals surface area (Å²) in [4.78, 5) is 11.6. The molecule has 0 radical (unpaired) electrons. The van der Waals surface area contributed by atoms with Crippen molar-refractivity contribution < 1.29 is 4.42 Å². The summed E-state index contributed by atoms with van der Waals surface area (Å²) in [6.07, 6.45) is 4.12. The van der Waals surface area contributed by atoms with E-state index in [1.54, 1.807) is 6.20 Å². The van der Waals surface area contributed by atoms with Crippen LogP contribution in [0.25, 0.3) is 11.6 Å². The highest BCUT2D eigenvalue weighted by Crippen LogP contribution is 2.25. The second-order valence-electron chi connectivity index (χ2n) is 6.81. The number of rotatable bonds is 3. The standard InChI is InChI=1S/C17H23IN6O/c1-22-8-10-23(11-9-22)14-4-6-24(7-5-14)17-21-20-16(25-17)15-3-2-13(18)12-19-15/h2-3,12,14H,4-11H2,1H3. The molecule has 2 aliphatic heterocycles. The molecule has 0 atom stereocenters. The van der Waals surface area contributed by atoms with Gasteiger partial charge in [-0.1, -0.05) is 5.10 Å². The van der Waals surface area contributed by atoms with Crippen molar-refractivity contribution in [3.8, 4) is 11.6 Å². The summed E-state index contributed by atoms with van der Waals surface area (Å²) in [5.74, 6) is 0.493. The Hall–Kier alpha value is -1.26. The number of hydrogen-bond acceptors (Lipinski definition) is 7. The number of anilines is 1. The summed E-state index contributed by atoms with van der Waals surface area (Å²) < 4.78 is 6.95. The Morgan fingerprint density at radius 1 is 1.04 bits per heavy atom. The molecule has 2 aromatic heterocycles. The Morgan fingerprint density at radius 2 is 1.80 bits per heavy atom. The molecule has 7 nitrogen and oxygen atoms in total. The lowest BCUT2D eigenvalue weighted by atomic mass is 10.0. The fourth-order valence-corrected chi connectivity index (χ4v) is 3.88. The molecule has 0 bridgehead atoms. The molecule has 0 spiro atoms. The first-order valence-electron chi connectivity index (χ1n) is 8.82. The number of halogens is 1. The third-order valence-corrected chi connectivity index (χ3v) is 5.79. The Bertz CT molecular complexity index is 689. The maximum Gasteiger partial charge on any atom is 0.318 e. The third-order valence-electron chi connectivity index (χ3n) is 5.15. The molecule has 4 heterocycles. The highest BCUT2D eigenvalue weighted by molar-refractivity contribution is 14.1. The van der Waals surface area contributed by atoms with Crippen molar-refractivity contribution in [2.75, 3.05) is 51.2 Å². The van der Waals surface area contributed by atoms with Gasteiger partial charge in [-0.3, -0.25) is 9.88 Å². The fourth-order valence-electron chi connectivity index (χ4n) is 3.56. The van der Waals surface area contributed by atoms with Crippen LogP contribution >= 0.6 is 22.6 Å². The molecule has 2 aliphatic rings. The maximum atomic E-state index is 5.86. The summed E-state index contributed by atoms with van der Waals surface area (Å²) in [6, 6.07) is 5.21. The molecule has 2 aromatic rings. The average molecular weight is 454 g/mol. The van der Waals surface area contributed by atoms with Crippen molar-refractivity contribution in [2.24, 2.45) is 0 Å². The quantitative estimate of drug-likeness (QED) is 0.658. The first-order valence-corrected chi connectivity index (χ1v) is 9.90. The minimum atomic E-state index is 0.493. The van der Waals surface area contributed by atoms with Crippen LogP contribution in [0, 0.1) is 3.57 Å². The van der Waals surface area contributed by atoms with Gasteiger partial charge < -0.3 is 14.2 Å². The van der Waals surface area contributed by atoms with Gasteiger partial charge in [0.2, 0.25) is 0 Å². The van der Waals surface area contributed by atoms with Crippen LogP contribution in [0.4, 0.5) is 6.01 Å². The number of piperidine rings is 1. The zero-order valence-electron chi connectivity index (χ0n) is 14.4. The Balaban J connectivity index is 1.36. The van der Waals surface area contributed by atoms with Gasteiger partial charge in [0.25, 0.3) is 5.89 Å². The summed E-state index contributed by atoms with van der Waals surface area (Å²) in [6.45, 7) is 6.67. The number of pyridine rings is 1. The average Bonchev–Trinajstić information content (AvgIpc) is 3.13. The van der Waals surface area contributed by atoms with Crippen LogP contribution in [0.3, 0.4) is 0 Å². The van der Waals surface area contributed by atoms with E-state index in [4.69, 9.17) is 4.42 Å². The Morgan fingerprint density at radius 3 is 2.48 bits per heavy atom. The van der Waals surface area contributed by atoms with Crippen LogP contribution in [-0.2, 0) is 0 Å². The minimum absolute atomic E-state index is 0.493. The molecule has 4 rings (SSSR count). The molecule has 0 unspecified atom stereocenters. The topological polar surface area (TPSA) is 61.5 Å². The van der Waals surface area contributed by atoms with Crippen LogP contribution in [0.2, 0.25) is 0 Å². The zero-order valence-corrected chi connectivity index (χ0v) is 16.6. The van der Waals surface area contributed by atoms with Crippen LogP contribution in [0.5, 0.6) is 0 Å². The van der Waals surface area contributed by atoms with Gasteiger partial charge >= 0.3 is 6.01 Å². The van der Waals surface area contributed by atoms with Gasteiger partial charge in [0.1, 0.15) is 5.69 Å². The second kappa shape index (κ2) is 7.55. The molecule has 25 heavy (non-hydrogen) atoms. The normalized spacial score (nSPS) is 21.0. The van der Waals surface area contributed by atoms with E-state index in [0.29, 0.717) is 17.9 Å². The van der Waals surface area contributed by atoms with Crippen molar-refractivity contribution >= 4 is 28.6 Å². The van der Waals surface area contributed by atoms with Crippen LogP contribution in [0.1, 0.15) is 12.8 Å². The number of piperazine rings is 1. The molecule has 0 N–H and O–H groups in total. The lowest BCUT2D eigenvalue weighted by molar-refractivity contribution is 0.0976. The largest absolute Gasteiger partial charge is 0.402 e. The number of hydrogen-bond donors (Lipinski definition) is 0. The van der Waals surface area contributed by atoms with E-state index in [9.17, 15) is 0 Å². The van der Waals surface area contributed by atoms with Crippen LogP contribution in [0.15, 0.2) is 22.7 Å². The fraction of sp³-hybridized carbons (Fsp3) is 0.588. The molecule has 2 fully saturated rings. The molecule has 2 saturated heterocycles. The van der Waals surface area contributed by atoms with Crippen LogP contribution < -0.4 is 4.90 Å². The predicted molar refractivity (Wildman–Crippen MR) is 105 cm³/mol. The molecule has 134 valence electrons. The third kappa shape index (κ3) is 3.95. The Labute approximate surface area is 161 Å². The molecule has 0 aliphatic carbocycles. The van der Waals surface area contributed by atoms with Gasteiger partial charge in [-0.05, 0) is 54.6 Å². The number of likely N-dealkylation sites (N-methyl/N-ethyl adjacent to an activating group) is 1. The minimum Gasteiger partial charge on any atom is -0.402 e. The molecule has 8 heteroatoms. The maximum absolute atomic E-state index is 5.86. The number of aromatic nitrogens is 3. The molecular weight excluding hydrogens is 431 g/mol. The molecule has 0 aromatic carbocycles.